The lowest BCUT2D eigenvalue weighted by atomic mass is 9.99. The van der Waals surface area contributed by atoms with Crippen molar-refractivity contribution < 1.29 is 0 Å². The van der Waals surface area contributed by atoms with Crippen LogP contribution in [0.25, 0.3) is 0 Å². The maximum atomic E-state index is 2.56. The summed E-state index contributed by atoms with van der Waals surface area (Å²) in [7, 11) is 0. The highest BCUT2D eigenvalue weighted by Crippen LogP contribution is 2.16. The molecule has 1 nitrogen and oxygen atoms in total. The second-order valence-electron chi connectivity index (χ2n) is 4.50. The van der Waals surface area contributed by atoms with Crippen LogP contribution in [-0.2, 0) is 0 Å². The van der Waals surface area contributed by atoms with Gasteiger partial charge in [-0.15, -0.1) is 0 Å². The van der Waals surface area contributed by atoms with E-state index in [4.69, 9.17) is 0 Å². The van der Waals surface area contributed by atoms with Gasteiger partial charge < -0.3 is 0 Å². The van der Waals surface area contributed by atoms with Crippen molar-refractivity contribution in [1.82, 2.24) is 4.90 Å². The molecule has 0 aromatic carbocycles. The molecule has 1 heterocycles. The zero-order valence-electron chi connectivity index (χ0n) is 9.79. The molecule has 80 valence electrons. The third-order valence-corrected chi connectivity index (χ3v) is 2.92. The number of nitrogens with zero attached hydrogens (tertiary/aromatic N) is 1. The first-order valence-corrected chi connectivity index (χ1v) is 5.73. The predicted molar refractivity (Wildman–Crippen MR) is 63.4 cm³/mol. The van der Waals surface area contributed by atoms with Gasteiger partial charge in [-0.25, -0.2) is 0 Å². The molecule has 1 rings (SSSR count). The van der Waals surface area contributed by atoms with Crippen molar-refractivity contribution in [2.24, 2.45) is 5.92 Å². The van der Waals surface area contributed by atoms with Gasteiger partial charge in [0.25, 0.3) is 0 Å². The number of likely N-dealkylation sites (tertiary alicyclic amines) is 1. The molecule has 0 saturated carbocycles. The average Bonchev–Trinajstić information content (AvgIpc) is 2.18. The number of hydrogen-bond acceptors (Lipinski definition) is 1. The zero-order valence-corrected chi connectivity index (χ0v) is 9.79. The molecular formula is C13H23N. The van der Waals surface area contributed by atoms with Gasteiger partial charge in [0.05, 0.1) is 0 Å². The fourth-order valence-electron chi connectivity index (χ4n) is 1.89. The highest BCUT2D eigenvalue weighted by molar-refractivity contribution is 5.11. The summed E-state index contributed by atoms with van der Waals surface area (Å²) < 4.78 is 0. The molecule has 1 heteroatoms. The SMILES string of the molecule is C/C=C\C=C(/C)CN1CCC(C)CC1. The maximum absolute atomic E-state index is 2.56. The van der Waals surface area contributed by atoms with E-state index in [1.165, 1.54) is 31.5 Å². The minimum Gasteiger partial charge on any atom is -0.299 e. The van der Waals surface area contributed by atoms with Gasteiger partial charge in [-0.1, -0.05) is 30.7 Å². The third-order valence-electron chi connectivity index (χ3n) is 2.92. The van der Waals surface area contributed by atoms with E-state index in [0.29, 0.717) is 0 Å². The van der Waals surface area contributed by atoms with Crippen LogP contribution in [-0.4, -0.2) is 24.5 Å². The average molecular weight is 193 g/mol. The van der Waals surface area contributed by atoms with Crippen LogP contribution in [0.3, 0.4) is 0 Å². The zero-order chi connectivity index (χ0) is 10.4. The van der Waals surface area contributed by atoms with Crippen molar-refractivity contribution in [3.05, 3.63) is 23.8 Å². The van der Waals surface area contributed by atoms with Crippen molar-refractivity contribution in [3.8, 4) is 0 Å². The third kappa shape index (κ3) is 4.10. The highest BCUT2D eigenvalue weighted by atomic mass is 15.1. The standard InChI is InChI=1S/C13H23N/c1-4-5-6-13(3)11-14-9-7-12(2)8-10-14/h4-6,12H,7-11H2,1-3H3/b5-4-,13-6+. The van der Waals surface area contributed by atoms with Gasteiger partial charge in [-0.2, -0.15) is 0 Å². The van der Waals surface area contributed by atoms with Crippen LogP contribution in [0, 0.1) is 5.92 Å². The van der Waals surface area contributed by atoms with Gasteiger partial charge in [0, 0.05) is 6.54 Å². The number of allylic oxidation sites excluding steroid dienone is 3. The lowest BCUT2D eigenvalue weighted by molar-refractivity contribution is 0.206. The van der Waals surface area contributed by atoms with Crippen LogP contribution in [0.15, 0.2) is 23.8 Å². The Morgan fingerprint density at radius 2 is 2.00 bits per heavy atom. The van der Waals surface area contributed by atoms with Crippen LogP contribution in [0.4, 0.5) is 0 Å². The molecule has 0 unspecified atom stereocenters. The Morgan fingerprint density at radius 1 is 1.36 bits per heavy atom. The minimum atomic E-state index is 0.936. The van der Waals surface area contributed by atoms with E-state index in [9.17, 15) is 0 Å². The van der Waals surface area contributed by atoms with Gasteiger partial charge in [0.15, 0.2) is 0 Å². The van der Waals surface area contributed by atoms with E-state index in [0.717, 1.165) is 12.5 Å². The maximum Gasteiger partial charge on any atom is 0.0193 e. The molecule has 0 aromatic heterocycles. The van der Waals surface area contributed by atoms with Gasteiger partial charge in [-0.05, 0) is 45.7 Å². The summed E-state index contributed by atoms with van der Waals surface area (Å²) in [6.07, 6.45) is 9.18. The Morgan fingerprint density at radius 3 is 2.57 bits per heavy atom. The lowest BCUT2D eigenvalue weighted by Gasteiger charge is -2.30. The molecular weight excluding hydrogens is 170 g/mol. The quantitative estimate of drug-likeness (QED) is 0.622. The summed E-state index contributed by atoms with van der Waals surface area (Å²) in [5.41, 5.74) is 1.47. The molecule has 14 heavy (non-hydrogen) atoms. The molecule has 0 aromatic rings. The molecule has 1 fully saturated rings. The van der Waals surface area contributed by atoms with Crippen LogP contribution >= 0.6 is 0 Å². The molecule has 1 aliphatic rings. The number of piperidine rings is 1. The van der Waals surface area contributed by atoms with Crippen molar-refractivity contribution in [3.63, 3.8) is 0 Å². The molecule has 0 amide bonds. The number of hydrogen-bond donors (Lipinski definition) is 0. The van der Waals surface area contributed by atoms with Gasteiger partial charge in [-0.3, -0.25) is 4.90 Å². The summed E-state index contributed by atoms with van der Waals surface area (Å²) in [5.74, 6) is 0.936. The number of rotatable bonds is 3. The summed E-state index contributed by atoms with van der Waals surface area (Å²) >= 11 is 0. The topological polar surface area (TPSA) is 3.24 Å². The largest absolute Gasteiger partial charge is 0.299 e. The van der Waals surface area contributed by atoms with E-state index in [2.05, 4.69) is 43.9 Å². The van der Waals surface area contributed by atoms with Crippen LogP contribution in [0.1, 0.15) is 33.6 Å². The summed E-state index contributed by atoms with van der Waals surface area (Å²) in [5, 5.41) is 0. The first-order chi connectivity index (χ1) is 6.72. The normalized spacial score (nSPS) is 22.1. The van der Waals surface area contributed by atoms with E-state index >= 15 is 0 Å². The Bertz CT molecular complexity index is 207. The molecule has 1 saturated heterocycles. The van der Waals surface area contributed by atoms with Gasteiger partial charge >= 0.3 is 0 Å². The monoisotopic (exact) mass is 193 g/mol. The summed E-state index contributed by atoms with van der Waals surface area (Å²) in [6.45, 7) is 10.4. The van der Waals surface area contributed by atoms with Crippen molar-refractivity contribution >= 4 is 0 Å². The van der Waals surface area contributed by atoms with E-state index in [1.54, 1.807) is 0 Å². The fraction of sp³-hybridized carbons (Fsp3) is 0.692. The molecule has 0 N–H and O–H groups in total. The Hall–Kier alpha value is -0.560. The smallest absolute Gasteiger partial charge is 0.0193 e. The van der Waals surface area contributed by atoms with Crippen molar-refractivity contribution in [2.75, 3.05) is 19.6 Å². The Kier molecular flexibility index (Phi) is 4.95. The van der Waals surface area contributed by atoms with Crippen molar-refractivity contribution in [1.29, 1.82) is 0 Å². The van der Waals surface area contributed by atoms with Crippen LogP contribution < -0.4 is 0 Å². The predicted octanol–water partition coefficient (Wildman–Crippen LogP) is 3.24. The van der Waals surface area contributed by atoms with Crippen molar-refractivity contribution in [2.45, 2.75) is 33.6 Å². The first-order valence-electron chi connectivity index (χ1n) is 5.73. The molecule has 1 aliphatic heterocycles. The summed E-state index contributed by atoms with van der Waals surface area (Å²) in [4.78, 5) is 2.56. The van der Waals surface area contributed by atoms with Crippen LogP contribution in [0.2, 0.25) is 0 Å². The van der Waals surface area contributed by atoms with E-state index < -0.39 is 0 Å². The molecule has 0 aliphatic carbocycles. The first kappa shape index (κ1) is 11.5. The van der Waals surface area contributed by atoms with Gasteiger partial charge in [0.2, 0.25) is 0 Å². The van der Waals surface area contributed by atoms with Gasteiger partial charge in [0.1, 0.15) is 0 Å². The van der Waals surface area contributed by atoms with Crippen LogP contribution in [0.5, 0.6) is 0 Å². The van der Waals surface area contributed by atoms with E-state index in [1.807, 2.05) is 0 Å². The second-order valence-corrected chi connectivity index (χ2v) is 4.50. The molecule has 0 bridgehead atoms. The summed E-state index contributed by atoms with van der Waals surface area (Å²) in [6, 6.07) is 0. The molecule has 0 radical (unpaired) electrons. The Balaban J connectivity index is 2.30. The lowest BCUT2D eigenvalue weighted by Crippen LogP contribution is -2.33. The highest BCUT2D eigenvalue weighted by Gasteiger charge is 2.14. The Labute approximate surface area is 88.5 Å². The fourth-order valence-corrected chi connectivity index (χ4v) is 1.89. The van der Waals surface area contributed by atoms with E-state index in [-0.39, 0.29) is 0 Å². The minimum absolute atomic E-state index is 0.936. The molecule has 0 spiro atoms. The second kappa shape index (κ2) is 6.02. The molecule has 0 atom stereocenters.